The Morgan fingerprint density at radius 2 is 2.19 bits per heavy atom. The highest BCUT2D eigenvalue weighted by molar-refractivity contribution is 5.95. The molecule has 1 saturated heterocycles. The first-order valence-corrected chi connectivity index (χ1v) is 6.94. The van der Waals surface area contributed by atoms with E-state index in [0.29, 0.717) is 12.1 Å². The van der Waals surface area contributed by atoms with Crippen LogP contribution in [0.15, 0.2) is 18.2 Å². The van der Waals surface area contributed by atoms with Gasteiger partial charge in [0.1, 0.15) is 0 Å². The van der Waals surface area contributed by atoms with Crippen LogP contribution in [0.4, 0.5) is 4.39 Å². The summed E-state index contributed by atoms with van der Waals surface area (Å²) in [6.45, 7) is 2.62. The van der Waals surface area contributed by atoms with Gasteiger partial charge in [-0.15, -0.1) is 12.4 Å². The minimum atomic E-state index is -0.466. The van der Waals surface area contributed by atoms with Gasteiger partial charge >= 0.3 is 0 Å². The predicted octanol–water partition coefficient (Wildman–Crippen LogP) is 2.60. The molecule has 21 heavy (non-hydrogen) atoms. The molecule has 2 unspecified atom stereocenters. The highest BCUT2D eigenvalue weighted by Gasteiger charge is 2.30. The Bertz CT molecular complexity index is 497. The first-order chi connectivity index (χ1) is 9.54. The molecule has 0 radical (unpaired) electrons. The highest BCUT2D eigenvalue weighted by atomic mass is 35.5. The predicted molar refractivity (Wildman–Crippen MR) is 82.5 cm³/mol. The van der Waals surface area contributed by atoms with E-state index in [2.05, 4.69) is 0 Å². The molecule has 0 bridgehead atoms. The Kier molecular flexibility index (Phi) is 6.42. The van der Waals surface area contributed by atoms with Crippen molar-refractivity contribution in [2.75, 3.05) is 13.7 Å². The summed E-state index contributed by atoms with van der Waals surface area (Å²) in [6.07, 6.45) is 2.98. The summed E-state index contributed by atoms with van der Waals surface area (Å²) >= 11 is 0. The molecule has 1 aliphatic rings. The number of halogens is 2. The number of rotatable bonds is 3. The fourth-order valence-corrected chi connectivity index (χ4v) is 2.71. The van der Waals surface area contributed by atoms with E-state index in [1.54, 1.807) is 4.90 Å². The lowest BCUT2D eigenvalue weighted by Gasteiger charge is -2.38. The molecule has 1 aromatic rings. The maximum Gasteiger partial charge on any atom is 0.254 e. The Balaban J connectivity index is 0.00000220. The molecular weight excluding hydrogens is 295 g/mol. The third kappa shape index (κ3) is 3.86. The summed E-state index contributed by atoms with van der Waals surface area (Å²) in [4.78, 5) is 14.4. The number of hydrogen-bond donors (Lipinski definition) is 1. The number of nitrogens with two attached hydrogens (primary N) is 1. The lowest BCUT2D eigenvalue weighted by molar-refractivity contribution is 0.0583. The second kappa shape index (κ2) is 7.61. The summed E-state index contributed by atoms with van der Waals surface area (Å²) in [5.74, 6) is -0.484. The number of carbonyl (C=O) groups is 1. The number of ether oxygens (including phenoxy) is 1. The van der Waals surface area contributed by atoms with Crippen LogP contribution in [0.1, 0.15) is 36.5 Å². The van der Waals surface area contributed by atoms with E-state index in [4.69, 9.17) is 10.5 Å². The smallest absolute Gasteiger partial charge is 0.254 e. The third-order valence-electron chi connectivity index (χ3n) is 3.82. The fourth-order valence-electron chi connectivity index (χ4n) is 2.71. The molecule has 4 nitrogen and oxygen atoms in total. The molecule has 1 fully saturated rings. The van der Waals surface area contributed by atoms with Crippen molar-refractivity contribution in [2.24, 2.45) is 5.73 Å². The summed E-state index contributed by atoms with van der Waals surface area (Å²) < 4.78 is 18.3. The SMILES string of the molecule is COc1cc(C(=O)N2CCCCC2C(C)N)ccc1F.Cl. The summed E-state index contributed by atoms with van der Waals surface area (Å²) in [6, 6.07) is 4.18. The Morgan fingerprint density at radius 1 is 1.48 bits per heavy atom. The Labute approximate surface area is 130 Å². The number of likely N-dealkylation sites (tertiary alicyclic amines) is 1. The van der Waals surface area contributed by atoms with Crippen LogP contribution in [0.3, 0.4) is 0 Å². The zero-order chi connectivity index (χ0) is 14.7. The molecule has 118 valence electrons. The number of amides is 1. The van der Waals surface area contributed by atoms with Crippen LogP contribution in [-0.2, 0) is 0 Å². The quantitative estimate of drug-likeness (QED) is 0.932. The molecule has 0 aromatic heterocycles. The first kappa shape index (κ1) is 17.7. The summed E-state index contributed by atoms with van der Waals surface area (Å²) in [5.41, 5.74) is 6.42. The zero-order valence-electron chi connectivity index (χ0n) is 12.3. The zero-order valence-corrected chi connectivity index (χ0v) is 13.2. The molecule has 1 aliphatic heterocycles. The van der Waals surface area contributed by atoms with E-state index >= 15 is 0 Å². The minimum absolute atomic E-state index is 0. The van der Waals surface area contributed by atoms with E-state index < -0.39 is 5.82 Å². The topological polar surface area (TPSA) is 55.6 Å². The number of methoxy groups -OCH3 is 1. The first-order valence-electron chi connectivity index (χ1n) is 6.94. The van der Waals surface area contributed by atoms with Crippen molar-refractivity contribution in [3.05, 3.63) is 29.6 Å². The highest BCUT2D eigenvalue weighted by Crippen LogP contribution is 2.24. The standard InChI is InChI=1S/C15H21FN2O2.ClH/c1-10(17)13-5-3-4-8-18(13)15(19)11-6-7-12(16)14(9-11)20-2;/h6-7,9-10,13H,3-5,8,17H2,1-2H3;1H. The number of benzene rings is 1. The number of hydrogen-bond acceptors (Lipinski definition) is 3. The summed E-state index contributed by atoms with van der Waals surface area (Å²) in [5, 5.41) is 0. The number of piperidine rings is 1. The molecule has 0 aliphatic carbocycles. The van der Waals surface area contributed by atoms with Gasteiger partial charge < -0.3 is 15.4 Å². The average molecular weight is 317 g/mol. The molecular formula is C15H22ClFN2O2. The average Bonchev–Trinajstić information content (AvgIpc) is 2.47. The van der Waals surface area contributed by atoms with Gasteiger partial charge in [-0.1, -0.05) is 0 Å². The molecule has 2 atom stereocenters. The van der Waals surface area contributed by atoms with Crippen LogP contribution in [0, 0.1) is 5.82 Å². The van der Waals surface area contributed by atoms with Crippen LogP contribution in [-0.4, -0.2) is 36.5 Å². The lowest BCUT2D eigenvalue weighted by atomic mass is 9.96. The third-order valence-corrected chi connectivity index (χ3v) is 3.82. The van der Waals surface area contributed by atoms with Crippen LogP contribution in [0.2, 0.25) is 0 Å². The number of carbonyl (C=O) groups excluding carboxylic acids is 1. The Morgan fingerprint density at radius 3 is 2.81 bits per heavy atom. The van der Waals surface area contributed by atoms with Crippen molar-refractivity contribution >= 4 is 18.3 Å². The molecule has 0 spiro atoms. The van der Waals surface area contributed by atoms with Crippen molar-refractivity contribution in [3.63, 3.8) is 0 Å². The number of nitrogens with zero attached hydrogens (tertiary/aromatic N) is 1. The summed E-state index contributed by atoms with van der Waals surface area (Å²) in [7, 11) is 1.39. The van der Waals surface area contributed by atoms with Crippen molar-refractivity contribution < 1.29 is 13.9 Å². The van der Waals surface area contributed by atoms with Crippen molar-refractivity contribution in [1.82, 2.24) is 4.90 Å². The fraction of sp³-hybridized carbons (Fsp3) is 0.533. The lowest BCUT2D eigenvalue weighted by Crippen LogP contribution is -2.51. The monoisotopic (exact) mass is 316 g/mol. The molecule has 6 heteroatoms. The van der Waals surface area contributed by atoms with E-state index in [0.717, 1.165) is 19.3 Å². The van der Waals surface area contributed by atoms with Crippen molar-refractivity contribution in [1.29, 1.82) is 0 Å². The van der Waals surface area contributed by atoms with Gasteiger partial charge in [-0.2, -0.15) is 0 Å². The van der Waals surface area contributed by atoms with Gasteiger partial charge in [-0.05, 0) is 44.4 Å². The largest absolute Gasteiger partial charge is 0.494 e. The van der Waals surface area contributed by atoms with Crippen LogP contribution >= 0.6 is 12.4 Å². The van der Waals surface area contributed by atoms with E-state index in [-0.39, 0.29) is 36.1 Å². The van der Waals surface area contributed by atoms with Gasteiger partial charge in [-0.3, -0.25) is 4.79 Å². The second-order valence-electron chi connectivity index (χ2n) is 5.27. The van der Waals surface area contributed by atoms with E-state index in [1.807, 2.05) is 6.92 Å². The van der Waals surface area contributed by atoms with Gasteiger partial charge in [0.25, 0.3) is 5.91 Å². The molecule has 0 saturated carbocycles. The van der Waals surface area contributed by atoms with Gasteiger partial charge in [0.05, 0.1) is 7.11 Å². The molecule has 1 aromatic carbocycles. The molecule has 2 N–H and O–H groups in total. The van der Waals surface area contributed by atoms with Gasteiger partial charge in [0.15, 0.2) is 11.6 Å². The van der Waals surface area contributed by atoms with Crippen LogP contribution < -0.4 is 10.5 Å². The van der Waals surface area contributed by atoms with Gasteiger partial charge in [0, 0.05) is 24.2 Å². The molecule has 1 amide bonds. The second-order valence-corrected chi connectivity index (χ2v) is 5.27. The van der Waals surface area contributed by atoms with E-state index in [9.17, 15) is 9.18 Å². The van der Waals surface area contributed by atoms with Gasteiger partial charge in [0.2, 0.25) is 0 Å². The van der Waals surface area contributed by atoms with Gasteiger partial charge in [-0.25, -0.2) is 4.39 Å². The maximum absolute atomic E-state index is 13.4. The minimum Gasteiger partial charge on any atom is -0.494 e. The normalized spacial score (nSPS) is 19.6. The Hall–Kier alpha value is -1.33. The van der Waals surface area contributed by atoms with E-state index in [1.165, 1.54) is 25.3 Å². The van der Waals surface area contributed by atoms with Crippen LogP contribution in [0.25, 0.3) is 0 Å². The van der Waals surface area contributed by atoms with Crippen LogP contribution in [0.5, 0.6) is 5.75 Å². The molecule has 1 heterocycles. The maximum atomic E-state index is 13.4. The molecule has 2 rings (SSSR count). The van der Waals surface area contributed by atoms with Crippen molar-refractivity contribution in [2.45, 2.75) is 38.3 Å². The van der Waals surface area contributed by atoms with Crippen molar-refractivity contribution in [3.8, 4) is 5.75 Å².